The Bertz CT molecular complexity index is 573. The molecule has 1 aromatic rings. The molecule has 0 aliphatic rings. The fraction of sp³-hybridized carbons (Fsp3) is 0.417. The summed E-state index contributed by atoms with van der Waals surface area (Å²) in [5.74, 6) is -0.0734. The number of sulfonamides is 1. The van der Waals surface area contributed by atoms with Gasteiger partial charge in [0.1, 0.15) is 0 Å². The molecule has 0 aromatic heterocycles. The van der Waals surface area contributed by atoms with Gasteiger partial charge in [0.15, 0.2) is 5.78 Å². The summed E-state index contributed by atoms with van der Waals surface area (Å²) in [7, 11) is -3.42. The molecule has 100 valence electrons. The van der Waals surface area contributed by atoms with Crippen LogP contribution in [0.25, 0.3) is 0 Å². The predicted molar refractivity (Wildman–Crippen MR) is 73.7 cm³/mol. The van der Waals surface area contributed by atoms with Crippen molar-refractivity contribution in [1.29, 1.82) is 0 Å². The van der Waals surface area contributed by atoms with Gasteiger partial charge < -0.3 is 0 Å². The number of benzene rings is 1. The van der Waals surface area contributed by atoms with E-state index in [1.54, 1.807) is 26.8 Å². The second kappa shape index (κ2) is 4.90. The number of Topliss-reactive ketones (excluding diaryl/α,β-unsaturated/α-hetero) is 1. The van der Waals surface area contributed by atoms with Crippen molar-refractivity contribution in [1.82, 2.24) is 0 Å². The highest BCUT2D eigenvalue weighted by atomic mass is 35.5. The van der Waals surface area contributed by atoms with E-state index in [9.17, 15) is 13.2 Å². The first-order valence-electron chi connectivity index (χ1n) is 5.33. The van der Waals surface area contributed by atoms with Crippen LogP contribution in [0, 0.1) is 5.41 Å². The van der Waals surface area contributed by atoms with Crippen molar-refractivity contribution in [3.05, 3.63) is 28.8 Å². The number of hydrogen-bond acceptors (Lipinski definition) is 3. The number of anilines is 1. The Morgan fingerprint density at radius 2 is 1.83 bits per heavy atom. The van der Waals surface area contributed by atoms with Crippen LogP contribution in [0.4, 0.5) is 5.69 Å². The number of ketones is 1. The Labute approximate surface area is 112 Å². The lowest BCUT2D eigenvalue weighted by molar-refractivity contribution is 0.0858. The van der Waals surface area contributed by atoms with Crippen LogP contribution in [0.3, 0.4) is 0 Å². The van der Waals surface area contributed by atoms with E-state index in [-0.39, 0.29) is 16.5 Å². The van der Waals surface area contributed by atoms with E-state index in [1.165, 1.54) is 12.1 Å². The van der Waals surface area contributed by atoms with Gasteiger partial charge in [-0.15, -0.1) is 0 Å². The molecule has 6 heteroatoms. The van der Waals surface area contributed by atoms with Crippen LogP contribution in [0.2, 0.25) is 5.02 Å². The monoisotopic (exact) mass is 289 g/mol. The minimum absolute atomic E-state index is 0.0734. The number of hydrogen-bond donors (Lipinski definition) is 1. The van der Waals surface area contributed by atoms with Gasteiger partial charge in [-0.25, -0.2) is 8.42 Å². The zero-order valence-corrected chi connectivity index (χ0v) is 12.3. The maximum Gasteiger partial charge on any atom is 0.229 e. The van der Waals surface area contributed by atoms with E-state index >= 15 is 0 Å². The van der Waals surface area contributed by atoms with E-state index in [1.807, 2.05) is 0 Å². The summed E-state index contributed by atoms with van der Waals surface area (Å²) in [4.78, 5) is 12.1. The van der Waals surface area contributed by atoms with Crippen LogP contribution in [-0.4, -0.2) is 20.5 Å². The molecule has 4 nitrogen and oxygen atoms in total. The molecule has 0 aliphatic heterocycles. The molecule has 0 aliphatic carbocycles. The van der Waals surface area contributed by atoms with Crippen LogP contribution >= 0.6 is 11.6 Å². The number of nitrogens with one attached hydrogen (secondary N) is 1. The van der Waals surface area contributed by atoms with Crippen molar-refractivity contribution in [2.24, 2.45) is 5.41 Å². The molecule has 0 saturated carbocycles. The average Bonchev–Trinajstić information content (AvgIpc) is 2.17. The molecular formula is C12H16ClNO3S. The van der Waals surface area contributed by atoms with Crippen LogP contribution in [0.15, 0.2) is 18.2 Å². The van der Waals surface area contributed by atoms with Crippen molar-refractivity contribution in [2.75, 3.05) is 11.0 Å². The summed E-state index contributed by atoms with van der Waals surface area (Å²) in [6, 6.07) is 4.55. The maximum absolute atomic E-state index is 12.1. The van der Waals surface area contributed by atoms with Crippen molar-refractivity contribution in [3.8, 4) is 0 Å². The fourth-order valence-corrected chi connectivity index (χ4v) is 2.17. The highest BCUT2D eigenvalue weighted by Gasteiger charge is 2.23. The first kappa shape index (κ1) is 15.0. The normalized spacial score (nSPS) is 12.3. The van der Waals surface area contributed by atoms with Gasteiger partial charge >= 0.3 is 0 Å². The first-order chi connectivity index (χ1) is 8.00. The molecule has 1 aromatic carbocycles. The quantitative estimate of drug-likeness (QED) is 0.870. The summed E-state index contributed by atoms with van der Waals surface area (Å²) in [5.41, 5.74) is 0.114. The lowest BCUT2D eigenvalue weighted by Gasteiger charge is -2.17. The van der Waals surface area contributed by atoms with Gasteiger partial charge in [0.2, 0.25) is 10.0 Å². The van der Waals surface area contributed by atoms with Crippen molar-refractivity contribution < 1.29 is 13.2 Å². The van der Waals surface area contributed by atoms with Crippen LogP contribution in [0.1, 0.15) is 31.1 Å². The lowest BCUT2D eigenvalue weighted by Crippen LogP contribution is -2.20. The molecule has 0 radical (unpaired) electrons. The van der Waals surface area contributed by atoms with Crippen molar-refractivity contribution in [2.45, 2.75) is 20.8 Å². The van der Waals surface area contributed by atoms with Gasteiger partial charge in [-0.2, -0.15) is 0 Å². The first-order valence-corrected chi connectivity index (χ1v) is 7.60. The van der Waals surface area contributed by atoms with Gasteiger partial charge in [0, 0.05) is 11.0 Å². The number of carbonyl (C=O) groups is 1. The van der Waals surface area contributed by atoms with E-state index in [2.05, 4.69) is 4.72 Å². The third-order valence-electron chi connectivity index (χ3n) is 2.21. The molecule has 0 saturated heterocycles. The third kappa shape index (κ3) is 3.99. The highest BCUT2D eigenvalue weighted by Crippen LogP contribution is 2.27. The number of rotatable bonds is 3. The summed E-state index contributed by atoms with van der Waals surface area (Å²) in [6.07, 6.45) is 1.03. The molecule has 0 unspecified atom stereocenters. The predicted octanol–water partition coefficient (Wildman–Crippen LogP) is 2.94. The minimum atomic E-state index is -3.42. The van der Waals surface area contributed by atoms with Gasteiger partial charge in [-0.1, -0.05) is 32.4 Å². The molecule has 0 spiro atoms. The third-order valence-corrected chi connectivity index (χ3v) is 3.13. The van der Waals surface area contributed by atoms with Gasteiger partial charge in [0.05, 0.1) is 17.0 Å². The summed E-state index contributed by atoms with van der Waals surface area (Å²) in [5, 5.41) is 0.255. The van der Waals surface area contributed by atoms with Crippen molar-refractivity contribution in [3.63, 3.8) is 0 Å². The highest BCUT2D eigenvalue weighted by molar-refractivity contribution is 7.92. The standard InChI is InChI=1S/C12H16ClNO3S/c1-12(2,3)11(15)8-5-6-9(13)10(7-8)14-18(4,16)17/h5-7,14H,1-4H3. The largest absolute Gasteiger partial charge is 0.294 e. The van der Waals surface area contributed by atoms with Crippen LogP contribution < -0.4 is 4.72 Å². The van der Waals surface area contributed by atoms with Gasteiger partial charge in [-0.3, -0.25) is 9.52 Å². The van der Waals surface area contributed by atoms with E-state index < -0.39 is 15.4 Å². The zero-order chi connectivity index (χ0) is 14.1. The van der Waals surface area contributed by atoms with E-state index in [0.29, 0.717) is 5.56 Å². The van der Waals surface area contributed by atoms with Crippen molar-refractivity contribution >= 4 is 33.1 Å². The second-order valence-electron chi connectivity index (χ2n) is 5.15. The molecular weight excluding hydrogens is 274 g/mol. The minimum Gasteiger partial charge on any atom is -0.294 e. The summed E-state index contributed by atoms with van der Waals surface area (Å²) < 4.78 is 24.6. The fourth-order valence-electron chi connectivity index (χ4n) is 1.38. The molecule has 1 rings (SSSR count). The molecule has 1 N–H and O–H groups in total. The molecule has 0 heterocycles. The summed E-state index contributed by atoms with van der Waals surface area (Å²) in [6.45, 7) is 5.40. The smallest absolute Gasteiger partial charge is 0.229 e. The zero-order valence-electron chi connectivity index (χ0n) is 10.7. The average molecular weight is 290 g/mol. The Kier molecular flexibility index (Phi) is 4.08. The Balaban J connectivity index is 3.21. The van der Waals surface area contributed by atoms with Crippen LogP contribution in [0.5, 0.6) is 0 Å². The molecule has 18 heavy (non-hydrogen) atoms. The lowest BCUT2D eigenvalue weighted by atomic mass is 9.86. The SMILES string of the molecule is CC(C)(C)C(=O)c1ccc(Cl)c(NS(C)(=O)=O)c1. The second-order valence-corrected chi connectivity index (χ2v) is 7.30. The summed E-state index contributed by atoms with van der Waals surface area (Å²) >= 11 is 5.88. The molecule has 0 amide bonds. The topological polar surface area (TPSA) is 63.2 Å². The van der Waals surface area contributed by atoms with Gasteiger partial charge in [0.25, 0.3) is 0 Å². The maximum atomic E-state index is 12.1. The molecule has 0 fully saturated rings. The van der Waals surface area contributed by atoms with E-state index in [4.69, 9.17) is 11.6 Å². The Hall–Kier alpha value is -1.07. The Morgan fingerprint density at radius 1 is 1.28 bits per heavy atom. The molecule has 0 atom stereocenters. The molecule has 0 bridgehead atoms. The Morgan fingerprint density at radius 3 is 2.28 bits per heavy atom. The number of halogens is 1. The van der Waals surface area contributed by atoms with Crippen LogP contribution in [-0.2, 0) is 10.0 Å². The number of carbonyl (C=O) groups excluding carboxylic acids is 1. The van der Waals surface area contributed by atoms with E-state index in [0.717, 1.165) is 6.26 Å². The van der Waals surface area contributed by atoms with Gasteiger partial charge in [-0.05, 0) is 18.2 Å².